The number of para-hydroxylation sites is 1. The Morgan fingerprint density at radius 3 is 2.68 bits per heavy atom. The van der Waals surface area contributed by atoms with E-state index >= 15 is 0 Å². The molecule has 0 aliphatic heterocycles. The number of carbonyl (C=O) groups excluding carboxylic acids is 1. The molecule has 0 atom stereocenters. The molecule has 0 aliphatic carbocycles. The Bertz CT molecular complexity index is 740. The standard InChI is InChI=1S/C16H19N3O2S/c1-10-6-4-5-7-13(10)18-14(20)9-8-12-11(2)17-16(22-3)19-15(12)21/h4-7H,8-9H2,1-3H3,(H,18,20)(H,17,19,21). The van der Waals surface area contributed by atoms with Gasteiger partial charge in [-0.1, -0.05) is 30.0 Å². The van der Waals surface area contributed by atoms with E-state index in [1.165, 1.54) is 11.8 Å². The smallest absolute Gasteiger partial charge is 0.254 e. The third-order valence-electron chi connectivity index (χ3n) is 3.42. The summed E-state index contributed by atoms with van der Waals surface area (Å²) in [6, 6.07) is 7.60. The predicted molar refractivity (Wildman–Crippen MR) is 89.5 cm³/mol. The molecule has 0 aliphatic rings. The second-order valence-electron chi connectivity index (χ2n) is 5.00. The van der Waals surface area contributed by atoms with Gasteiger partial charge in [-0.15, -0.1) is 0 Å². The van der Waals surface area contributed by atoms with Gasteiger partial charge in [-0.3, -0.25) is 9.59 Å². The van der Waals surface area contributed by atoms with Crippen LogP contribution in [0, 0.1) is 13.8 Å². The Morgan fingerprint density at radius 1 is 1.32 bits per heavy atom. The Balaban J connectivity index is 2.03. The highest BCUT2D eigenvalue weighted by Gasteiger charge is 2.11. The van der Waals surface area contributed by atoms with E-state index < -0.39 is 0 Å². The average Bonchev–Trinajstić information content (AvgIpc) is 2.48. The number of anilines is 1. The van der Waals surface area contributed by atoms with Crippen LogP contribution < -0.4 is 10.9 Å². The fourth-order valence-electron chi connectivity index (χ4n) is 2.14. The third-order valence-corrected chi connectivity index (χ3v) is 4.00. The summed E-state index contributed by atoms with van der Waals surface area (Å²) in [5.41, 5.74) is 2.89. The monoisotopic (exact) mass is 317 g/mol. The van der Waals surface area contributed by atoms with Crippen LogP contribution >= 0.6 is 11.8 Å². The molecule has 6 heteroatoms. The molecular formula is C16H19N3O2S. The number of nitrogens with one attached hydrogen (secondary N) is 2. The van der Waals surface area contributed by atoms with Crippen molar-refractivity contribution in [2.75, 3.05) is 11.6 Å². The number of aromatic nitrogens is 2. The van der Waals surface area contributed by atoms with E-state index in [1.54, 1.807) is 6.92 Å². The van der Waals surface area contributed by atoms with E-state index in [0.29, 0.717) is 22.8 Å². The number of thioether (sulfide) groups is 1. The van der Waals surface area contributed by atoms with E-state index in [2.05, 4.69) is 15.3 Å². The number of rotatable bonds is 5. The van der Waals surface area contributed by atoms with Crippen molar-refractivity contribution in [2.45, 2.75) is 31.8 Å². The molecule has 1 heterocycles. The maximum absolute atomic E-state index is 12.0. The van der Waals surface area contributed by atoms with Crippen LogP contribution in [-0.4, -0.2) is 22.1 Å². The van der Waals surface area contributed by atoms with Gasteiger partial charge in [0.25, 0.3) is 5.56 Å². The van der Waals surface area contributed by atoms with E-state index in [9.17, 15) is 9.59 Å². The number of benzene rings is 1. The molecule has 1 aromatic heterocycles. The lowest BCUT2D eigenvalue weighted by Crippen LogP contribution is -2.20. The normalized spacial score (nSPS) is 10.5. The Hall–Kier alpha value is -2.08. The second-order valence-corrected chi connectivity index (χ2v) is 5.80. The summed E-state index contributed by atoms with van der Waals surface area (Å²) in [6.45, 7) is 3.74. The topological polar surface area (TPSA) is 74.8 Å². The molecule has 0 radical (unpaired) electrons. The number of aryl methyl sites for hydroxylation is 2. The Morgan fingerprint density at radius 2 is 2.05 bits per heavy atom. The summed E-state index contributed by atoms with van der Waals surface area (Å²) < 4.78 is 0. The second kappa shape index (κ2) is 7.26. The number of carbonyl (C=O) groups is 1. The lowest BCUT2D eigenvalue weighted by atomic mass is 10.1. The largest absolute Gasteiger partial charge is 0.326 e. The highest BCUT2D eigenvalue weighted by atomic mass is 32.2. The summed E-state index contributed by atoms with van der Waals surface area (Å²) in [4.78, 5) is 31.1. The fraction of sp³-hybridized carbons (Fsp3) is 0.312. The Kier molecular flexibility index (Phi) is 5.38. The molecule has 116 valence electrons. The van der Waals surface area contributed by atoms with E-state index in [1.807, 2.05) is 37.4 Å². The van der Waals surface area contributed by atoms with Gasteiger partial charge in [-0.25, -0.2) is 4.98 Å². The lowest BCUT2D eigenvalue weighted by Gasteiger charge is -2.09. The van der Waals surface area contributed by atoms with E-state index in [0.717, 1.165) is 11.3 Å². The summed E-state index contributed by atoms with van der Waals surface area (Å²) in [5, 5.41) is 3.46. The van der Waals surface area contributed by atoms with Crippen LogP contribution in [0.3, 0.4) is 0 Å². The first kappa shape index (κ1) is 16.3. The van der Waals surface area contributed by atoms with Crippen LogP contribution in [0.5, 0.6) is 0 Å². The maximum atomic E-state index is 12.0. The molecule has 2 N–H and O–H groups in total. The van der Waals surface area contributed by atoms with Gasteiger partial charge in [0, 0.05) is 23.4 Å². The SMILES string of the molecule is CSc1nc(C)c(CCC(=O)Nc2ccccc2C)c(=O)[nH]1. The molecule has 1 amide bonds. The van der Waals surface area contributed by atoms with Crippen molar-refractivity contribution < 1.29 is 4.79 Å². The molecule has 0 saturated heterocycles. The summed E-state index contributed by atoms with van der Waals surface area (Å²) in [7, 11) is 0. The van der Waals surface area contributed by atoms with Crippen LogP contribution in [0.25, 0.3) is 0 Å². The van der Waals surface area contributed by atoms with Crippen molar-refractivity contribution in [3.63, 3.8) is 0 Å². The van der Waals surface area contributed by atoms with Gasteiger partial charge in [-0.2, -0.15) is 0 Å². The van der Waals surface area contributed by atoms with Gasteiger partial charge >= 0.3 is 0 Å². The molecule has 2 rings (SSSR count). The van der Waals surface area contributed by atoms with Gasteiger partial charge < -0.3 is 10.3 Å². The zero-order chi connectivity index (χ0) is 16.1. The molecule has 0 bridgehead atoms. The van der Waals surface area contributed by atoms with Crippen molar-refractivity contribution in [3.05, 3.63) is 51.4 Å². The summed E-state index contributed by atoms with van der Waals surface area (Å²) in [6.07, 6.45) is 2.48. The Labute approximate surface area is 133 Å². The first-order chi connectivity index (χ1) is 10.5. The van der Waals surface area contributed by atoms with Gasteiger partial charge in [0.15, 0.2) is 5.16 Å². The molecule has 5 nitrogen and oxygen atoms in total. The number of hydrogen-bond donors (Lipinski definition) is 2. The number of nitrogens with zero attached hydrogens (tertiary/aromatic N) is 1. The molecule has 22 heavy (non-hydrogen) atoms. The van der Waals surface area contributed by atoms with Crippen molar-refractivity contribution in [1.82, 2.24) is 9.97 Å². The maximum Gasteiger partial charge on any atom is 0.254 e. The van der Waals surface area contributed by atoms with E-state index in [-0.39, 0.29) is 17.9 Å². The minimum Gasteiger partial charge on any atom is -0.326 e. The highest BCUT2D eigenvalue weighted by Crippen LogP contribution is 2.14. The summed E-state index contributed by atoms with van der Waals surface area (Å²) in [5.74, 6) is -0.109. The number of aromatic amines is 1. The molecule has 0 spiro atoms. The summed E-state index contributed by atoms with van der Waals surface area (Å²) >= 11 is 1.39. The van der Waals surface area contributed by atoms with Crippen LogP contribution in [-0.2, 0) is 11.2 Å². The molecule has 0 fully saturated rings. The number of H-pyrrole nitrogens is 1. The fourth-order valence-corrected chi connectivity index (χ4v) is 2.56. The average molecular weight is 317 g/mol. The minimum atomic E-state index is -0.166. The van der Waals surface area contributed by atoms with Gasteiger partial charge in [0.05, 0.1) is 0 Å². The van der Waals surface area contributed by atoms with E-state index in [4.69, 9.17) is 0 Å². The van der Waals surface area contributed by atoms with Crippen LogP contribution in [0.2, 0.25) is 0 Å². The number of amides is 1. The first-order valence-electron chi connectivity index (χ1n) is 7.00. The molecule has 2 aromatic rings. The molecule has 1 aromatic carbocycles. The van der Waals surface area contributed by atoms with Crippen LogP contribution in [0.4, 0.5) is 5.69 Å². The minimum absolute atomic E-state index is 0.109. The van der Waals surface area contributed by atoms with Crippen molar-refractivity contribution >= 4 is 23.4 Å². The highest BCUT2D eigenvalue weighted by molar-refractivity contribution is 7.98. The van der Waals surface area contributed by atoms with Crippen molar-refractivity contribution in [1.29, 1.82) is 0 Å². The predicted octanol–water partition coefficient (Wildman–Crippen LogP) is 2.68. The van der Waals surface area contributed by atoms with Crippen LogP contribution in [0.1, 0.15) is 23.2 Å². The first-order valence-corrected chi connectivity index (χ1v) is 8.23. The number of hydrogen-bond acceptors (Lipinski definition) is 4. The molecular weight excluding hydrogens is 298 g/mol. The lowest BCUT2D eigenvalue weighted by molar-refractivity contribution is -0.116. The molecule has 0 saturated carbocycles. The zero-order valence-corrected chi connectivity index (χ0v) is 13.7. The van der Waals surface area contributed by atoms with Crippen molar-refractivity contribution in [2.24, 2.45) is 0 Å². The zero-order valence-electron chi connectivity index (χ0n) is 12.9. The quantitative estimate of drug-likeness (QED) is 0.657. The molecule has 0 unspecified atom stereocenters. The van der Waals surface area contributed by atoms with Gasteiger partial charge in [0.2, 0.25) is 5.91 Å². The van der Waals surface area contributed by atoms with Crippen molar-refractivity contribution in [3.8, 4) is 0 Å². The van der Waals surface area contributed by atoms with Gasteiger partial charge in [-0.05, 0) is 38.2 Å². The van der Waals surface area contributed by atoms with Gasteiger partial charge in [0.1, 0.15) is 0 Å². The van der Waals surface area contributed by atoms with Crippen LogP contribution in [0.15, 0.2) is 34.2 Å². The third kappa shape index (κ3) is 3.98.